The molecule has 1 aromatic heterocycles. The van der Waals surface area contributed by atoms with Gasteiger partial charge in [0.15, 0.2) is 0 Å². The van der Waals surface area contributed by atoms with Crippen LogP contribution in [-0.4, -0.2) is 40.4 Å². The minimum Gasteiger partial charge on any atom is -0.315 e. The van der Waals surface area contributed by atoms with E-state index in [2.05, 4.69) is 35.4 Å². The molecule has 1 aromatic rings. The highest BCUT2D eigenvalue weighted by atomic mass is 15.3. The van der Waals surface area contributed by atoms with Crippen LogP contribution in [0, 0.1) is 0 Å². The Labute approximate surface area is 97.6 Å². The van der Waals surface area contributed by atoms with Gasteiger partial charge < -0.3 is 5.32 Å². The van der Waals surface area contributed by atoms with Crippen LogP contribution in [0.2, 0.25) is 0 Å². The lowest BCUT2D eigenvalue weighted by Gasteiger charge is -2.26. The fourth-order valence-corrected chi connectivity index (χ4v) is 2.35. The molecule has 2 rings (SSSR count). The Morgan fingerprint density at radius 2 is 2.44 bits per heavy atom. The molecule has 0 spiro atoms. The highest BCUT2D eigenvalue weighted by molar-refractivity contribution is 5.04. The number of likely N-dealkylation sites (N-methyl/N-ethyl adjacent to an activating group) is 1. The number of rotatable bonds is 5. The molecule has 1 unspecified atom stereocenters. The van der Waals surface area contributed by atoms with Crippen LogP contribution in [0.15, 0.2) is 12.4 Å². The molecular formula is C12H22N4. The van der Waals surface area contributed by atoms with E-state index >= 15 is 0 Å². The first kappa shape index (κ1) is 11.6. The largest absolute Gasteiger partial charge is 0.315 e. The van der Waals surface area contributed by atoms with Crippen LogP contribution < -0.4 is 5.32 Å². The van der Waals surface area contributed by atoms with E-state index in [1.54, 1.807) is 0 Å². The lowest BCUT2D eigenvalue weighted by Crippen LogP contribution is -2.36. The summed E-state index contributed by atoms with van der Waals surface area (Å²) in [5, 5.41) is 7.75. The third-order valence-electron chi connectivity index (χ3n) is 3.35. The van der Waals surface area contributed by atoms with E-state index in [-0.39, 0.29) is 0 Å². The number of hydrogen-bond donors (Lipinski definition) is 1. The molecule has 1 fully saturated rings. The summed E-state index contributed by atoms with van der Waals surface area (Å²) in [5.74, 6) is 0. The van der Waals surface area contributed by atoms with Gasteiger partial charge in [-0.2, -0.15) is 5.10 Å². The minimum absolute atomic E-state index is 0.704. The fraction of sp³-hybridized carbons (Fsp3) is 0.750. The van der Waals surface area contributed by atoms with Gasteiger partial charge in [-0.3, -0.25) is 9.58 Å². The maximum atomic E-state index is 4.32. The second-order valence-corrected chi connectivity index (χ2v) is 4.41. The SMILES string of the molecule is CCN(Cc1cnn(CC)c1)C1CCNC1. The van der Waals surface area contributed by atoms with Crippen molar-refractivity contribution in [2.75, 3.05) is 19.6 Å². The van der Waals surface area contributed by atoms with Gasteiger partial charge in [0, 0.05) is 37.4 Å². The maximum Gasteiger partial charge on any atom is 0.0534 e. The molecule has 0 radical (unpaired) electrons. The lowest BCUT2D eigenvalue weighted by molar-refractivity contribution is 0.210. The summed E-state index contributed by atoms with van der Waals surface area (Å²) in [6.07, 6.45) is 5.43. The van der Waals surface area contributed by atoms with Crippen molar-refractivity contribution in [1.82, 2.24) is 20.0 Å². The van der Waals surface area contributed by atoms with E-state index < -0.39 is 0 Å². The molecule has 1 aliphatic heterocycles. The maximum absolute atomic E-state index is 4.32. The molecule has 0 aliphatic carbocycles. The topological polar surface area (TPSA) is 33.1 Å². The number of nitrogens with one attached hydrogen (secondary N) is 1. The monoisotopic (exact) mass is 222 g/mol. The van der Waals surface area contributed by atoms with Gasteiger partial charge in [0.25, 0.3) is 0 Å². The smallest absolute Gasteiger partial charge is 0.0534 e. The van der Waals surface area contributed by atoms with Crippen molar-refractivity contribution >= 4 is 0 Å². The van der Waals surface area contributed by atoms with Crippen LogP contribution in [0.4, 0.5) is 0 Å². The minimum atomic E-state index is 0.704. The average Bonchev–Trinajstić information content (AvgIpc) is 2.96. The quantitative estimate of drug-likeness (QED) is 0.809. The number of hydrogen-bond acceptors (Lipinski definition) is 3. The molecule has 0 saturated carbocycles. The Bertz CT molecular complexity index is 315. The van der Waals surface area contributed by atoms with Crippen LogP contribution in [0.1, 0.15) is 25.8 Å². The van der Waals surface area contributed by atoms with Crippen LogP contribution in [0.5, 0.6) is 0 Å². The van der Waals surface area contributed by atoms with Crippen LogP contribution in [0.3, 0.4) is 0 Å². The molecule has 1 saturated heterocycles. The third kappa shape index (κ3) is 2.62. The normalized spacial score (nSPS) is 20.8. The highest BCUT2D eigenvalue weighted by Gasteiger charge is 2.21. The van der Waals surface area contributed by atoms with Crippen molar-refractivity contribution in [2.45, 2.75) is 39.4 Å². The van der Waals surface area contributed by atoms with E-state index in [1.165, 1.54) is 12.0 Å². The summed E-state index contributed by atoms with van der Waals surface area (Å²) in [5.41, 5.74) is 1.33. The highest BCUT2D eigenvalue weighted by Crippen LogP contribution is 2.12. The number of aryl methyl sites for hydroxylation is 1. The lowest BCUT2D eigenvalue weighted by atomic mass is 10.2. The Balaban J connectivity index is 1.94. The van der Waals surface area contributed by atoms with Gasteiger partial charge in [-0.05, 0) is 26.4 Å². The van der Waals surface area contributed by atoms with Crippen molar-refractivity contribution in [3.63, 3.8) is 0 Å². The van der Waals surface area contributed by atoms with E-state index in [0.717, 1.165) is 32.7 Å². The molecule has 1 aliphatic rings. The standard InChI is InChI=1S/C12H22N4/c1-3-15(12-5-6-13-8-12)9-11-7-14-16(4-2)10-11/h7,10,12-13H,3-6,8-9H2,1-2H3. The predicted octanol–water partition coefficient (Wildman–Crippen LogP) is 1.09. The molecular weight excluding hydrogens is 200 g/mol. The first-order valence-electron chi connectivity index (χ1n) is 6.29. The zero-order valence-corrected chi connectivity index (χ0v) is 10.3. The van der Waals surface area contributed by atoms with Crippen molar-refractivity contribution in [3.8, 4) is 0 Å². The van der Waals surface area contributed by atoms with Crippen molar-refractivity contribution in [3.05, 3.63) is 18.0 Å². The molecule has 0 bridgehead atoms. The van der Waals surface area contributed by atoms with Gasteiger partial charge in [0.2, 0.25) is 0 Å². The molecule has 1 atom stereocenters. The predicted molar refractivity (Wildman–Crippen MR) is 65.3 cm³/mol. The molecule has 90 valence electrons. The van der Waals surface area contributed by atoms with Crippen molar-refractivity contribution < 1.29 is 0 Å². The first-order valence-corrected chi connectivity index (χ1v) is 6.29. The Kier molecular flexibility index (Phi) is 3.96. The summed E-state index contributed by atoms with van der Waals surface area (Å²) in [4.78, 5) is 2.54. The van der Waals surface area contributed by atoms with Gasteiger partial charge in [-0.25, -0.2) is 0 Å². The van der Waals surface area contributed by atoms with E-state index in [4.69, 9.17) is 0 Å². The Morgan fingerprint density at radius 3 is 3.00 bits per heavy atom. The summed E-state index contributed by atoms with van der Waals surface area (Å²) in [6, 6.07) is 0.704. The summed E-state index contributed by atoms with van der Waals surface area (Å²) in [6.45, 7) is 9.76. The third-order valence-corrected chi connectivity index (χ3v) is 3.35. The van der Waals surface area contributed by atoms with E-state index in [0.29, 0.717) is 6.04 Å². The van der Waals surface area contributed by atoms with Gasteiger partial charge in [0.1, 0.15) is 0 Å². The summed E-state index contributed by atoms with van der Waals surface area (Å²) in [7, 11) is 0. The zero-order chi connectivity index (χ0) is 11.4. The fourth-order valence-electron chi connectivity index (χ4n) is 2.35. The molecule has 2 heterocycles. The molecule has 0 amide bonds. The molecule has 1 N–H and O–H groups in total. The Morgan fingerprint density at radius 1 is 1.56 bits per heavy atom. The zero-order valence-electron chi connectivity index (χ0n) is 10.3. The second kappa shape index (κ2) is 5.46. The van der Waals surface area contributed by atoms with Crippen molar-refractivity contribution in [1.29, 1.82) is 0 Å². The van der Waals surface area contributed by atoms with Crippen LogP contribution in [0.25, 0.3) is 0 Å². The number of aromatic nitrogens is 2. The molecule has 4 heteroatoms. The van der Waals surface area contributed by atoms with E-state index in [1.807, 2.05) is 10.9 Å². The number of nitrogens with zero attached hydrogens (tertiary/aromatic N) is 3. The average molecular weight is 222 g/mol. The van der Waals surface area contributed by atoms with Gasteiger partial charge >= 0.3 is 0 Å². The van der Waals surface area contributed by atoms with Crippen molar-refractivity contribution in [2.24, 2.45) is 0 Å². The van der Waals surface area contributed by atoms with E-state index in [9.17, 15) is 0 Å². The molecule has 16 heavy (non-hydrogen) atoms. The Hall–Kier alpha value is -0.870. The van der Waals surface area contributed by atoms with Gasteiger partial charge in [0.05, 0.1) is 6.20 Å². The van der Waals surface area contributed by atoms with Gasteiger partial charge in [-0.1, -0.05) is 6.92 Å². The second-order valence-electron chi connectivity index (χ2n) is 4.41. The molecule has 4 nitrogen and oxygen atoms in total. The summed E-state index contributed by atoms with van der Waals surface area (Å²) >= 11 is 0. The van der Waals surface area contributed by atoms with Gasteiger partial charge in [-0.15, -0.1) is 0 Å². The van der Waals surface area contributed by atoms with Crippen LogP contribution in [-0.2, 0) is 13.1 Å². The first-order chi connectivity index (χ1) is 7.83. The molecule has 0 aromatic carbocycles. The summed E-state index contributed by atoms with van der Waals surface area (Å²) < 4.78 is 2.00. The van der Waals surface area contributed by atoms with Crippen LogP contribution >= 0.6 is 0 Å².